The molecule has 8 nitrogen and oxygen atoms in total. The summed E-state index contributed by atoms with van der Waals surface area (Å²) in [4.78, 5) is 9.24. The van der Waals surface area contributed by atoms with E-state index in [1.165, 1.54) is 12.1 Å². The molecule has 2 aromatic heterocycles. The quantitative estimate of drug-likeness (QED) is 0.343. The number of fused-ring (bicyclic) bond motifs is 2. The van der Waals surface area contributed by atoms with Crippen molar-refractivity contribution in [2.75, 3.05) is 24.9 Å². The van der Waals surface area contributed by atoms with Crippen molar-refractivity contribution in [2.45, 2.75) is 0 Å². The van der Waals surface area contributed by atoms with Gasteiger partial charge in [0.2, 0.25) is 5.95 Å². The highest BCUT2D eigenvalue weighted by molar-refractivity contribution is 5.95. The Morgan fingerprint density at radius 1 is 0.875 bits per heavy atom. The van der Waals surface area contributed by atoms with Crippen LogP contribution in [0.25, 0.3) is 21.8 Å². The lowest BCUT2D eigenvalue weighted by molar-refractivity contribution is 0.356. The third kappa shape index (κ3) is 3.71. The average molecular weight is 430 g/mol. The predicted octanol–water partition coefficient (Wildman–Crippen LogP) is 5.15. The number of halogens is 1. The zero-order valence-corrected chi connectivity index (χ0v) is 17.3. The Bertz CT molecular complexity index is 1440. The van der Waals surface area contributed by atoms with Crippen LogP contribution in [-0.4, -0.2) is 34.4 Å². The van der Waals surface area contributed by atoms with Crippen LogP contribution in [0, 0.1) is 5.82 Å². The molecule has 0 fully saturated rings. The first kappa shape index (κ1) is 19.6. The van der Waals surface area contributed by atoms with Gasteiger partial charge in [0.15, 0.2) is 11.5 Å². The van der Waals surface area contributed by atoms with Gasteiger partial charge in [0.25, 0.3) is 0 Å². The van der Waals surface area contributed by atoms with Crippen LogP contribution in [0.15, 0.2) is 60.8 Å². The molecule has 5 aromatic rings. The van der Waals surface area contributed by atoms with Gasteiger partial charge in [-0.25, -0.2) is 9.37 Å². The van der Waals surface area contributed by atoms with Crippen molar-refractivity contribution in [3.8, 4) is 11.5 Å². The van der Waals surface area contributed by atoms with Gasteiger partial charge in [0.05, 0.1) is 31.4 Å². The summed E-state index contributed by atoms with van der Waals surface area (Å²) in [6.45, 7) is 0. The molecule has 160 valence electrons. The third-order valence-electron chi connectivity index (χ3n) is 4.98. The number of aromatic amines is 1. The molecule has 0 unspecified atom stereocenters. The largest absolute Gasteiger partial charge is 0.493 e. The molecular weight excluding hydrogens is 411 g/mol. The number of anilines is 4. The van der Waals surface area contributed by atoms with E-state index in [1.807, 2.05) is 24.3 Å². The first-order valence-electron chi connectivity index (χ1n) is 9.79. The monoisotopic (exact) mass is 430 g/mol. The number of ether oxygens (including phenoxy) is 2. The number of hydrogen-bond donors (Lipinski definition) is 3. The smallest absolute Gasteiger partial charge is 0.229 e. The highest BCUT2D eigenvalue weighted by Crippen LogP contribution is 2.36. The van der Waals surface area contributed by atoms with Crippen LogP contribution in [-0.2, 0) is 0 Å². The van der Waals surface area contributed by atoms with Crippen molar-refractivity contribution in [1.29, 1.82) is 0 Å². The fourth-order valence-corrected chi connectivity index (χ4v) is 3.46. The molecule has 3 N–H and O–H groups in total. The fourth-order valence-electron chi connectivity index (χ4n) is 3.46. The Balaban J connectivity index is 1.63. The van der Waals surface area contributed by atoms with Crippen LogP contribution in [0.1, 0.15) is 0 Å². The van der Waals surface area contributed by atoms with Gasteiger partial charge < -0.3 is 20.1 Å². The van der Waals surface area contributed by atoms with E-state index in [4.69, 9.17) is 9.47 Å². The van der Waals surface area contributed by atoms with Crippen LogP contribution in [0.5, 0.6) is 11.5 Å². The van der Waals surface area contributed by atoms with Crippen molar-refractivity contribution in [3.63, 3.8) is 0 Å². The van der Waals surface area contributed by atoms with Gasteiger partial charge in [-0.2, -0.15) is 10.1 Å². The minimum atomic E-state index is -0.353. The Kier molecular flexibility index (Phi) is 4.91. The summed E-state index contributed by atoms with van der Waals surface area (Å²) >= 11 is 0. The molecule has 0 amide bonds. The molecule has 0 saturated heterocycles. The topological polar surface area (TPSA) is 97.0 Å². The van der Waals surface area contributed by atoms with Crippen LogP contribution in [0.2, 0.25) is 0 Å². The minimum absolute atomic E-state index is 0.308. The van der Waals surface area contributed by atoms with Gasteiger partial charge in [0, 0.05) is 28.2 Å². The second-order valence-corrected chi connectivity index (χ2v) is 7.05. The normalized spacial score (nSPS) is 11.0. The first-order chi connectivity index (χ1) is 15.6. The van der Waals surface area contributed by atoms with Gasteiger partial charge in [-0.3, -0.25) is 5.10 Å². The molecule has 0 aliphatic rings. The van der Waals surface area contributed by atoms with Gasteiger partial charge >= 0.3 is 0 Å². The minimum Gasteiger partial charge on any atom is -0.493 e. The first-order valence-corrected chi connectivity index (χ1v) is 9.79. The van der Waals surface area contributed by atoms with Crippen molar-refractivity contribution < 1.29 is 13.9 Å². The molecule has 0 saturated carbocycles. The lowest BCUT2D eigenvalue weighted by Crippen LogP contribution is -2.03. The maximum atomic E-state index is 13.6. The van der Waals surface area contributed by atoms with E-state index in [-0.39, 0.29) is 5.82 Å². The highest BCUT2D eigenvalue weighted by atomic mass is 19.1. The summed E-state index contributed by atoms with van der Waals surface area (Å²) in [6, 6.07) is 15.5. The zero-order valence-electron chi connectivity index (χ0n) is 17.3. The molecule has 5 rings (SSSR count). The lowest BCUT2D eigenvalue weighted by atomic mass is 10.2. The average Bonchev–Trinajstić information content (AvgIpc) is 3.26. The number of aromatic nitrogens is 4. The number of H-pyrrole nitrogens is 1. The molecule has 9 heteroatoms. The van der Waals surface area contributed by atoms with Crippen molar-refractivity contribution in [2.24, 2.45) is 0 Å². The Morgan fingerprint density at radius 3 is 2.50 bits per heavy atom. The Labute approximate surface area is 182 Å². The van der Waals surface area contributed by atoms with Crippen LogP contribution < -0.4 is 20.1 Å². The number of nitrogens with one attached hydrogen (secondary N) is 3. The number of methoxy groups -OCH3 is 2. The Morgan fingerprint density at radius 2 is 1.69 bits per heavy atom. The SMILES string of the molecule is COc1cc2nc(Nc3cccc(F)c3)nc(Nc3ccc4[nH]ncc4c3)c2cc1OC. The molecule has 0 spiro atoms. The van der Waals surface area contributed by atoms with Gasteiger partial charge in [-0.15, -0.1) is 0 Å². The zero-order chi connectivity index (χ0) is 22.1. The van der Waals surface area contributed by atoms with E-state index in [1.54, 1.807) is 38.6 Å². The summed E-state index contributed by atoms with van der Waals surface area (Å²) in [7, 11) is 3.14. The number of nitrogens with zero attached hydrogens (tertiary/aromatic N) is 3. The maximum Gasteiger partial charge on any atom is 0.229 e. The van der Waals surface area contributed by atoms with E-state index in [0.29, 0.717) is 34.5 Å². The fraction of sp³-hybridized carbons (Fsp3) is 0.0870. The summed E-state index contributed by atoms with van der Waals surface area (Å²) < 4.78 is 24.5. The molecule has 0 radical (unpaired) electrons. The molecule has 3 aromatic carbocycles. The van der Waals surface area contributed by atoms with E-state index >= 15 is 0 Å². The Hall–Kier alpha value is -4.40. The second kappa shape index (κ2) is 8.03. The van der Waals surface area contributed by atoms with Crippen molar-refractivity contribution in [1.82, 2.24) is 20.2 Å². The summed E-state index contributed by atoms with van der Waals surface area (Å²) in [5, 5.41) is 15.1. The van der Waals surface area contributed by atoms with E-state index in [9.17, 15) is 4.39 Å². The molecule has 2 heterocycles. The van der Waals surface area contributed by atoms with Crippen molar-refractivity contribution >= 4 is 44.9 Å². The van der Waals surface area contributed by atoms with Gasteiger partial charge in [0.1, 0.15) is 11.6 Å². The summed E-state index contributed by atoms with van der Waals surface area (Å²) in [6.07, 6.45) is 1.75. The summed E-state index contributed by atoms with van der Waals surface area (Å²) in [5.74, 6) is 1.61. The second-order valence-electron chi connectivity index (χ2n) is 7.05. The number of benzene rings is 3. The van der Waals surface area contributed by atoms with Crippen LogP contribution >= 0.6 is 0 Å². The summed E-state index contributed by atoms with van der Waals surface area (Å²) in [5.41, 5.74) is 2.92. The number of hydrogen-bond acceptors (Lipinski definition) is 7. The molecular formula is C23H19FN6O2. The lowest BCUT2D eigenvalue weighted by Gasteiger charge is -2.14. The predicted molar refractivity (Wildman–Crippen MR) is 122 cm³/mol. The van der Waals surface area contributed by atoms with E-state index in [0.717, 1.165) is 22.0 Å². The standard InChI is InChI=1S/C23H19FN6O2/c1-31-20-10-17-19(11-21(20)32-2)28-23(27-15-5-3-4-14(24)9-15)29-22(17)26-16-6-7-18-13(8-16)12-25-30-18/h3-12H,1-2H3,(H,25,30)(H2,26,27,28,29). The molecule has 0 atom stereocenters. The maximum absolute atomic E-state index is 13.6. The van der Waals surface area contributed by atoms with Gasteiger partial charge in [-0.1, -0.05) is 6.07 Å². The molecule has 0 bridgehead atoms. The molecule has 0 aliphatic carbocycles. The van der Waals surface area contributed by atoms with E-state index < -0.39 is 0 Å². The van der Waals surface area contributed by atoms with Crippen LogP contribution in [0.4, 0.5) is 27.5 Å². The third-order valence-corrected chi connectivity index (χ3v) is 4.98. The van der Waals surface area contributed by atoms with Crippen molar-refractivity contribution in [3.05, 3.63) is 66.6 Å². The van der Waals surface area contributed by atoms with Gasteiger partial charge in [-0.05, 0) is 42.5 Å². The highest BCUT2D eigenvalue weighted by Gasteiger charge is 2.14. The number of rotatable bonds is 6. The van der Waals surface area contributed by atoms with E-state index in [2.05, 4.69) is 30.8 Å². The molecule has 32 heavy (non-hydrogen) atoms. The van der Waals surface area contributed by atoms with Crippen LogP contribution in [0.3, 0.4) is 0 Å². The molecule has 0 aliphatic heterocycles.